The number of aromatic carboxylic acids is 1. The second-order valence-corrected chi connectivity index (χ2v) is 6.23. The average Bonchev–Trinajstić information content (AvgIpc) is 2.26. The van der Waals surface area contributed by atoms with Gasteiger partial charge in [0.05, 0.1) is 5.56 Å². The summed E-state index contributed by atoms with van der Waals surface area (Å²) >= 11 is 3.51. The van der Waals surface area contributed by atoms with Crippen LogP contribution in [0, 0.1) is 0 Å². The quantitative estimate of drug-likeness (QED) is 0.836. The number of rotatable bonds is 1. The fraction of sp³-hybridized carbons (Fsp3) is 0.267. The lowest BCUT2D eigenvalue weighted by atomic mass is 9.80. The highest BCUT2D eigenvalue weighted by atomic mass is 79.9. The molecule has 0 aromatic heterocycles. The fourth-order valence-corrected chi connectivity index (χ4v) is 2.80. The second kappa shape index (κ2) is 4.39. The number of benzene rings is 2. The summed E-state index contributed by atoms with van der Waals surface area (Å²) in [6.07, 6.45) is 0. The number of hydrogen-bond donors (Lipinski definition) is 1. The molecule has 0 atom stereocenters. The van der Waals surface area contributed by atoms with Gasteiger partial charge in [0.25, 0.3) is 0 Å². The molecule has 0 aliphatic carbocycles. The highest BCUT2D eigenvalue weighted by Gasteiger charge is 2.24. The molecule has 0 heterocycles. The molecule has 0 aliphatic heterocycles. The van der Waals surface area contributed by atoms with Crippen LogP contribution in [-0.4, -0.2) is 11.1 Å². The molecule has 2 aromatic rings. The van der Waals surface area contributed by atoms with Gasteiger partial charge in [0.2, 0.25) is 0 Å². The minimum absolute atomic E-state index is 0.214. The standard InChI is InChI=1S/C15H15BrO2/c1-15(2,3)13-10-5-4-6-12(16)9(10)7-8-11(13)14(17)18/h4-8H,1-3H3,(H,17,18). The Kier molecular flexibility index (Phi) is 3.20. The molecule has 0 amide bonds. The SMILES string of the molecule is CC(C)(C)c1c(C(=O)O)ccc2c(Br)cccc12. The molecule has 1 N–H and O–H groups in total. The number of fused-ring (bicyclic) bond motifs is 1. The molecule has 0 spiro atoms. The zero-order valence-corrected chi connectivity index (χ0v) is 12.2. The van der Waals surface area contributed by atoms with Crippen molar-refractivity contribution in [2.45, 2.75) is 26.2 Å². The van der Waals surface area contributed by atoms with Crippen LogP contribution in [0.2, 0.25) is 0 Å². The largest absolute Gasteiger partial charge is 0.478 e. The van der Waals surface area contributed by atoms with Gasteiger partial charge in [-0.2, -0.15) is 0 Å². The normalized spacial score (nSPS) is 11.8. The highest BCUT2D eigenvalue weighted by molar-refractivity contribution is 9.10. The molecule has 2 aromatic carbocycles. The van der Waals surface area contributed by atoms with Crippen LogP contribution in [0.3, 0.4) is 0 Å². The number of carboxylic acid groups (broad SMARTS) is 1. The van der Waals surface area contributed by atoms with Crippen LogP contribution < -0.4 is 0 Å². The van der Waals surface area contributed by atoms with E-state index in [1.807, 2.05) is 45.0 Å². The van der Waals surface area contributed by atoms with E-state index in [1.165, 1.54) is 0 Å². The van der Waals surface area contributed by atoms with E-state index >= 15 is 0 Å². The van der Waals surface area contributed by atoms with E-state index in [1.54, 1.807) is 6.07 Å². The van der Waals surface area contributed by atoms with Crippen molar-refractivity contribution in [2.75, 3.05) is 0 Å². The van der Waals surface area contributed by atoms with Gasteiger partial charge >= 0.3 is 5.97 Å². The Morgan fingerprint density at radius 2 is 1.78 bits per heavy atom. The van der Waals surface area contributed by atoms with E-state index in [4.69, 9.17) is 0 Å². The number of carbonyl (C=O) groups is 1. The molecule has 2 nitrogen and oxygen atoms in total. The smallest absolute Gasteiger partial charge is 0.336 e. The van der Waals surface area contributed by atoms with E-state index in [-0.39, 0.29) is 5.41 Å². The zero-order valence-electron chi connectivity index (χ0n) is 10.6. The fourth-order valence-electron chi connectivity index (χ4n) is 2.31. The topological polar surface area (TPSA) is 37.3 Å². The van der Waals surface area contributed by atoms with Crippen LogP contribution in [0.5, 0.6) is 0 Å². The third-order valence-corrected chi connectivity index (χ3v) is 3.68. The number of carboxylic acids is 1. The lowest BCUT2D eigenvalue weighted by molar-refractivity contribution is 0.0694. The summed E-state index contributed by atoms with van der Waals surface area (Å²) in [7, 11) is 0. The van der Waals surface area contributed by atoms with Crippen molar-refractivity contribution >= 4 is 32.7 Å². The molecule has 0 fully saturated rings. The highest BCUT2D eigenvalue weighted by Crippen LogP contribution is 2.35. The first kappa shape index (κ1) is 13.1. The van der Waals surface area contributed by atoms with Crippen molar-refractivity contribution in [3.63, 3.8) is 0 Å². The predicted octanol–water partition coefficient (Wildman–Crippen LogP) is 4.60. The summed E-state index contributed by atoms with van der Waals surface area (Å²) < 4.78 is 0.988. The lowest BCUT2D eigenvalue weighted by Gasteiger charge is -2.24. The molecule has 0 aliphatic rings. The van der Waals surface area contributed by atoms with Crippen LogP contribution in [-0.2, 0) is 5.41 Å². The van der Waals surface area contributed by atoms with Crippen LogP contribution >= 0.6 is 15.9 Å². The average molecular weight is 307 g/mol. The van der Waals surface area contributed by atoms with Gasteiger partial charge in [-0.3, -0.25) is 0 Å². The molecule has 0 saturated carbocycles. The summed E-state index contributed by atoms with van der Waals surface area (Å²) in [5.74, 6) is -0.873. The van der Waals surface area contributed by atoms with Gasteiger partial charge in [-0.25, -0.2) is 4.79 Å². The molecule has 0 saturated heterocycles. The maximum absolute atomic E-state index is 11.4. The van der Waals surface area contributed by atoms with Gasteiger partial charge < -0.3 is 5.11 Å². The summed E-state index contributed by atoms with van der Waals surface area (Å²) in [5.41, 5.74) is 1.05. The van der Waals surface area contributed by atoms with Gasteiger partial charge in [-0.1, -0.05) is 54.9 Å². The minimum atomic E-state index is -0.873. The summed E-state index contributed by atoms with van der Waals surface area (Å²) in [6.45, 7) is 6.11. The van der Waals surface area contributed by atoms with Gasteiger partial charge in [-0.15, -0.1) is 0 Å². The first-order valence-electron chi connectivity index (χ1n) is 5.77. The maximum atomic E-state index is 11.4. The summed E-state index contributed by atoms with van der Waals surface area (Å²) in [5, 5.41) is 11.4. The lowest BCUT2D eigenvalue weighted by Crippen LogP contribution is -2.17. The monoisotopic (exact) mass is 306 g/mol. The first-order valence-corrected chi connectivity index (χ1v) is 6.56. The minimum Gasteiger partial charge on any atom is -0.478 e. The van der Waals surface area contributed by atoms with E-state index in [9.17, 15) is 9.90 Å². The Hall–Kier alpha value is -1.35. The van der Waals surface area contributed by atoms with E-state index in [0.717, 1.165) is 20.8 Å². The van der Waals surface area contributed by atoms with Gasteiger partial charge in [0.1, 0.15) is 0 Å². The summed E-state index contributed by atoms with van der Waals surface area (Å²) in [6, 6.07) is 9.43. The molecule has 18 heavy (non-hydrogen) atoms. The van der Waals surface area contributed by atoms with Gasteiger partial charge in [0.15, 0.2) is 0 Å². The van der Waals surface area contributed by atoms with E-state index < -0.39 is 5.97 Å². The van der Waals surface area contributed by atoms with Crippen molar-refractivity contribution in [3.8, 4) is 0 Å². The Labute approximate surface area is 115 Å². The van der Waals surface area contributed by atoms with Gasteiger partial charge in [-0.05, 0) is 33.9 Å². The third-order valence-electron chi connectivity index (χ3n) is 2.99. The van der Waals surface area contributed by atoms with Crippen LogP contribution in [0.15, 0.2) is 34.8 Å². The molecular formula is C15H15BrO2. The Morgan fingerprint density at radius 1 is 1.11 bits per heavy atom. The summed E-state index contributed by atoms with van der Waals surface area (Å²) in [4.78, 5) is 11.4. The third kappa shape index (κ3) is 2.15. The maximum Gasteiger partial charge on any atom is 0.336 e. The molecule has 3 heteroatoms. The zero-order chi connectivity index (χ0) is 13.5. The Balaban J connectivity index is 2.95. The Morgan fingerprint density at radius 3 is 2.33 bits per heavy atom. The van der Waals surface area contributed by atoms with Crippen molar-refractivity contribution in [2.24, 2.45) is 0 Å². The molecule has 0 unspecified atom stereocenters. The van der Waals surface area contributed by atoms with E-state index in [0.29, 0.717) is 5.56 Å². The van der Waals surface area contributed by atoms with Crippen LogP contribution in [0.4, 0.5) is 0 Å². The van der Waals surface area contributed by atoms with Crippen molar-refractivity contribution < 1.29 is 9.90 Å². The molecule has 2 rings (SSSR count). The van der Waals surface area contributed by atoms with Crippen molar-refractivity contribution in [1.82, 2.24) is 0 Å². The second-order valence-electron chi connectivity index (χ2n) is 5.38. The molecule has 94 valence electrons. The van der Waals surface area contributed by atoms with E-state index in [2.05, 4.69) is 15.9 Å². The van der Waals surface area contributed by atoms with Crippen molar-refractivity contribution in [3.05, 3.63) is 45.9 Å². The Bertz CT molecular complexity index is 624. The van der Waals surface area contributed by atoms with Crippen LogP contribution in [0.1, 0.15) is 36.7 Å². The number of hydrogen-bond acceptors (Lipinski definition) is 1. The molecular weight excluding hydrogens is 292 g/mol. The first-order chi connectivity index (χ1) is 8.32. The predicted molar refractivity (Wildman–Crippen MR) is 77.3 cm³/mol. The molecule has 0 radical (unpaired) electrons. The molecule has 0 bridgehead atoms. The van der Waals surface area contributed by atoms with Gasteiger partial charge in [0, 0.05) is 4.47 Å². The number of halogens is 1. The van der Waals surface area contributed by atoms with Crippen molar-refractivity contribution in [1.29, 1.82) is 0 Å². The van der Waals surface area contributed by atoms with Crippen LogP contribution in [0.25, 0.3) is 10.8 Å².